The van der Waals surface area contributed by atoms with E-state index in [1.165, 1.54) is 0 Å². The molecule has 8 heteroatoms. The minimum absolute atomic E-state index is 0.0659. The predicted molar refractivity (Wildman–Crippen MR) is 130 cm³/mol. The number of nitriles is 1. The van der Waals surface area contributed by atoms with Gasteiger partial charge in [0.2, 0.25) is 0 Å². The zero-order valence-electron chi connectivity index (χ0n) is 22.9. The van der Waals surface area contributed by atoms with Gasteiger partial charge in [-0.1, -0.05) is 13.8 Å². The Balaban J connectivity index is 1.67. The Morgan fingerprint density at radius 1 is 1.06 bits per heavy atom. The maximum Gasteiger partial charge on any atom is 0.163 e. The quantitative estimate of drug-likeness (QED) is 0.539. The van der Waals surface area contributed by atoms with Crippen molar-refractivity contribution in [2.24, 2.45) is 34.5 Å². The SMILES string of the molecule is COCO[C@@H]1C[C@]2(C)[C@@H](C#N)CC[C@]2(OCOC)C2CC[C@]3(O)C[C@@H](C)C[C@H]4OC(C)(C)OC[C@]43C21. The van der Waals surface area contributed by atoms with Crippen molar-refractivity contribution in [3.63, 3.8) is 0 Å². The van der Waals surface area contributed by atoms with Crippen LogP contribution in [0.5, 0.6) is 0 Å². The van der Waals surface area contributed by atoms with Gasteiger partial charge in [-0.05, 0) is 70.6 Å². The summed E-state index contributed by atoms with van der Waals surface area (Å²) in [5.41, 5.74) is -2.51. The molecular weight excluding hydrogens is 462 g/mol. The lowest BCUT2D eigenvalue weighted by atomic mass is 9.39. The van der Waals surface area contributed by atoms with Gasteiger partial charge in [0, 0.05) is 25.6 Å². The van der Waals surface area contributed by atoms with E-state index in [0.29, 0.717) is 25.4 Å². The first-order valence-electron chi connectivity index (χ1n) is 13.7. The molecule has 2 unspecified atom stereocenters. The third-order valence-electron chi connectivity index (χ3n) is 10.9. The van der Waals surface area contributed by atoms with Crippen molar-refractivity contribution >= 4 is 0 Å². The van der Waals surface area contributed by atoms with Gasteiger partial charge in [-0.25, -0.2) is 0 Å². The molecule has 0 aromatic carbocycles. The maximum absolute atomic E-state index is 12.5. The molecule has 0 bridgehead atoms. The normalized spacial score (nSPS) is 51.4. The first kappa shape index (κ1) is 26.8. The van der Waals surface area contributed by atoms with E-state index in [0.717, 1.165) is 32.1 Å². The Morgan fingerprint density at radius 2 is 1.81 bits per heavy atom. The van der Waals surface area contributed by atoms with Crippen molar-refractivity contribution < 1.29 is 33.5 Å². The van der Waals surface area contributed by atoms with Crippen molar-refractivity contribution in [2.45, 2.75) is 102 Å². The van der Waals surface area contributed by atoms with Crippen LogP contribution in [0.2, 0.25) is 0 Å². The van der Waals surface area contributed by atoms with Gasteiger partial charge in [-0.15, -0.1) is 0 Å². The van der Waals surface area contributed by atoms with Gasteiger partial charge in [0.25, 0.3) is 0 Å². The molecular formula is C28H45NO7. The summed E-state index contributed by atoms with van der Waals surface area (Å²) in [5, 5.41) is 22.7. The smallest absolute Gasteiger partial charge is 0.163 e. The van der Waals surface area contributed by atoms with Crippen LogP contribution >= 0.6 is 0 Å². The second-order valence-corrected chi connectivity index (χ2v) is 13.0. The highest BCUT2D eigenvalue weighted by Crippen LogP contribution is 2.72. The number of hydrogen-bond acceptors (Lipinski definition) is 8. The Bertz CT molecular complexity index is 876. The monoisotopic (exact) mass is 507 g/mol. The predicted octanol–water partition coefficient (Wildman–Crippen LogP) is 4.00. The van der Waals surface area contributed by atoms with Gasteiger partial charge in [0.05, 0.1) is 47.4 Å². The van der Waals surface area contributed by atoms with Crippen molar-refractivity contribution in [1.82, 2.24) is 0 Å². The van der Waals surface area contributed by atoms with Gasteiger partial charge < -0.3 is 33.5 Å². The molecule has 1 heterocycles. The molecule has 1 N–H and O–H groups in total. The Kier molecular flexibility index (Phi) is 6.81. The van der Waals surface area contributed by atoms with E-state index >= 15 is 0 Å². The number of hydrogen-bond donors (Lipinski definition) is 1. The van der Waals surface area contributed by atoms with Gasteiger partial charge in [0.1, 0.15) is 13.6 Å². The third kappa shape index (κ3) is 3.57. The Morgan fingerprint density at radius 3 is 2.50 bits per heavy atom. The van der Waals surface area contributed by atoms with E-state index in [1.54, 1.807) is 14.2 Å². The standard InChI is InChI=1S/C28H45NO7/c1-18-11-22-27(15-34-24(2,3)36-22)23-20(8-9-26(27,30)12-18)28(35-17-32-6)10-7-19(14-29)25(28,4)13-21(23)33-16-31-5/h18-23,30H,7-13,15-17H2,1-6H3/t18-,19+,20?,21+,22+,23?,25+,26-,27+,28-/m0/s1. The van der Waals surface area contributed by atoms with E-state index in [-0.39, 0.29) is 43.5 Å². The number of aliphatic hydroxyl groups is 1. The fraction of sp³-hybridized carbons (Fsp3) is 0.964. The topological polar surface area (TPSA) is 99.4 Å². The fourth-order valence-electron chi connectivity index (χ4n) is 9.54. The molecule has 0 amide bonds. The summed E-state index contributed by atoms with van der Waals surface area (Å²) in [6, 6.07) is 2.61. The molecule has 0 aromatic heterocycles. The van der Waals surface area contributed by atoms with Crippen LogP contribution in [0.1, 0.15) is 72.6 Å². The van der Waals surface area contributed by atoms with Crippen LogP contribution in [0, 0.1) is 45.8 Å². The molecule has 1 aliphatic heterocycles. The summed E-state index contributed by atoms with van der Waals surface area (Å²) in [4.78, 5) is 0. The van der Waals surface area contributed by atoms with E-state index in [9.17, 15) is 10.4 Å². The average Bonchev–Trinajstić information content (AvgIpc) is 3.10. The van der Waals surface area contributed by atoms with Crippen molar-refractivity contribution in [3.8, 4) is 6.07 Å². The molecule has 36 heavy (non-hydrogen) atoms. The highest BCUT2D eigenvalue weighted by molar-refractivity contribution is 5.26. The van der Waals surface area contributed by atoms with Crippen LogP contribution in [-0.4, -0.2) is 68.7 Å². The molecule has 8 nitrogen and oxygen atoms in total. The van der Waals surface area contributed by atoms with Gasteiger partial charge in [-0.2, -0.15) is 5.26 Å². The van der Waals surface area contributed by atoms with Crippen molar-refractivity contribution in [2.75, 3.05) is 34.4 Å². The molecule has 0 aromatic rings. The highest BCUT2D eigenvalue weighted by atomic mass is 16.7. The molecule has 5 rings (SSSR count). The summed E-state index contributed by atoms with van der Waals surface area (Å²) >= 11 is 0. The number of fused-ring (bicyclic) bond motifs is 3. The zero-order chi connectivity index (χ0) is 26.0. The molecule has 10 atom stereocenters. The molecule has 5 fully saturated rings. The highest BCUT2D eigenvalue weighted by Gasteiger charge is 2.77. The fourth-order valence-corrected chi connectivity index (χ4v) is 9.54. The number of rotatable bonds is 6. The van der Waals surface area contributed by atoms with Gasteiger partial charge >= 0.3 is 0 Å². The minimum atomic E-state index is -0.925. The second-order valence-electron chi connectivity index (χ2n) is 13.0. The van der Waals surface area contributed by atoms with E-state index in [4.69, 9.17) is 28.4 Å². The summed E-state index contributed by atoms with van der Waals surface area (Å²) < 4.78 is 37.2. The largest absolute Gasteiger partial charge is 0.389 e. The van der Waals surface area contributed by atoms with Crippen LogP contribution in [0.3, 0.4) is 0 Å². The summed E-state index contributed by atoms with van der Waals surface area (Å²) in [7, 11) is 3.29. The molecule has 1 spiro atoms. The van der Waals surface area contributed by atoms with E-state index < -0.39 is 27.8 Å². The third-order valence-corrected chi connectivity index (χ3v) is 10.9. The molecule has 4 aliphatic carbocycles. The maximum atomic E-state index is 12.5. The molecule has 5 aliphatic rings. The molecule has 204 valence electrons. The minimum Gasteiger partial charge on any atom is -0.389 e. The molecule has 0 radical (unpaired) electrons. The van der Waals surface area contributed by atoms with Crippen LogP contribution in [0.15, 0.2) is 0 Å². The first-order chi connectivity index (χ1) is 17.0. The number of nitrogens with zero attached hydrogens (tertiary/aromatic N) is 1. The van der Waals surface area contributed by atoms with Gasteiger partial charge in [-0.3, -0.25) is 0 Å². The zero-order valence-corrected chi connectivity index (χ0v) is 22.9. The van der Waals surface area contributed by atoms with Crippen LogP contribution in [0.25, 0.3) is 0 Å². The lowest BCUT2D eigenvalue weighted by molar-refractivity contribution is -0.405. The second kappa shape index (κ2) is 9.15. The van der Waals surface area contributed by atoms with Crippen molar-refractivity contribution in [1.29, 1.82) is 5.26 Å². The van der Waals surface area contributed by atoms with Crippen LogP contribution < -0.4 is 0 Å². The van der Waals surface area contributed by atoms with E-state index in [2.05, 4.69) is 19.9 Å². The van der Waals surface area contributed by atoms with Crippen molar-refractivity contribution in [3.05, 3.63) is 0 Å². The molecule has 4 saturated carbocycles. The van der Waals surface area contributed by atoms with Crippen LogP contribution in [0.4, 0.5) is 0 Å². The van der Waals surface area contributed by atoms with E-state index in [1.807, 2.05) is 13.8 Å². The summed E-state index contributed by atoms with van der Waals surface area (Å²) in [6.07, 6.45) is 4.92. The average molecular weight is 508 g/mol. The Labute approximate surface area is 215 Å². The summed E-state index contributed by atoms with van der Waals surface area (Å²) in [6.45, 7) is 9.11. The summed E-state index contributed by atoms with van der Waals surface area (Å²) in [5.74, 6) is -0.504. The Hall–Kier alpha value is -0.790. The van der Waals surface area contributed by atoms with Gasteiger partial charge in [0.15, 0.2) is 5.79 Å². The molecule has 1 saturated heterocycles. The lowest BCUT2D eigenvalue weighted by Gasteiger charge is -2.71. The number of methoxy groups -OCH3 is 2. The number of ether oxygens (including phenoxy) is 6. The lowest BCUT2D eigenvalue weighted by Crippen LogP contribution is -2.78. The first-order valence-corrected chi connectivity index (χ1v) is 13.7. The van der Waals surface area contributed by atoms with Crippen LogP contribution in [-0.2, 0) is 28.4 Å².